The summed E-state index contributed by atoms with van der Waals surface area (Å²) in [7, 11) is 0. The summed E-state index contributed by atoms with van der Waals surface area (Å²) in [5.41, 5.74) is 0.501. The molecule has 2 heteroatoms. The highest BCUT2D eigenvalue weighted by Gasteiger charge is 2.72. The van der Waals surface area contributed by atoms with Gasteiger partial charge in [-0.25, -0.2) is 0 Å². The van der Waals surface area contributed by atoms with Crippen molar-refractivity contribution in [3.63, 3.8) is 0 Å². The van der Waals surface area contributed by atoms with Crippen molar-refractivity contribution in [1.82, 2.24) is 0 Å². The fraction of sp³-hybridized carbons (Fsp3) is 1.00. The first kappa shape index (κ1) is 23.3. The Morgan fingerprint density at radius 2 is 0.968 bits per heavy atom. The Hall–Kier alpha value is 0.580. The van der Waals surface area contributed by atoms with Crippen LogP contribution >= 0.6 is 23.2 Å². The Morgan fingerprint density at radius 3 is 1.35 bits per heavy atom. The van der Waals surface area contributed by atoms with Gasteiger partial charge in [-0.1, -0.05) is 46.0 Å². The van der Waals surface area contributed by atoms with Gasteiger partial charge >= 0.3 is 0 Å². The fourth-order valence-electron chi connectivity index (χ4n) is 9.46. The molecule has 0 radical (unpaired) electrons. The van der Waals surface area contributed by atoms with Crippen molar-refractivity contribution in [3.8, 4) is 0 Å². The molecule has 0 bridgehead atoms. The molecular formula is C29H48Cl2. The van der Waals surface area contributed by atoms with Crippen LogP contribution in [-0.4, -0.2) is 4.33 Å². The Bertz CT molecular complexity index is 592. The van der Waals surface area contributed by atoms with Gasteiger partial charge < -0.3 is 0 Å². The van der Waals surface area contributed by atoms with Crippen molar-refractivity contribution in [3.05, 3.63) is 0 Å². The lowest BCUT2D eigenvalue weighted by molar-refractivity contribution is -0.122. The summed E-state index contributed by atoms with van der Waals surface area (Å²) in [6, 6.07) is 0. The number of hydrogen-bond acceptors (Lipinski definition) is 0. The van der Waals surface area contributed by atoms with Crippen LogP contribution in [0.5, 0.6) is 0 Å². The van der Waals surface area contributed by atoms with Gasteiger partial charge in [0.2, 0.25) is 0 Å². The van der Waals surface area contributed by atoms with Crippen molar-refractivity contribution in [2.24, 2.45) is 46.3 Å². The average molecular weight is 468 g/mol. The lowest BCUT2D eigenvalue weighted by Gasteiger charge is -2.69. The molecule has 0 amide bonds. The van der Waals surface area contributed by atoms with E-state index in [-0.39, 0.29) is 10.8 Å². The number of halogens is 2. The molecule has 178 valence electrons. The van der Waals surface area contributed by atoms with E-state index in [1.807, 2.05) is 0 Å². The summed E-state index contributed by atoms with van der Waals surface area (Å²) in [5, 5.41) is 0. The third-order valence-electron chi connectivity index (χ3n) is 11.8. The Morgan fingerprint density at radius 1 is 0.581 bits per heavy atom. The third-order valence-corrected chi connectivity index (χ3v) is 13.4. The molecule has 5 fully saturated rings. The number of rotatable bonds is 3. The average Bonchev–Trinajstić information content (AvgIpc) is 2.81. The van der Waals surface area contributed by atoms with Crippen molar-refractivity contribution in [2.75, 3.05) is 0 Å². The molecule has 0 heterocycles. The summed E-state index contributed by atoms with van der Waals surface area (Å²) >= 11 is 14.7. The summed E-state index contributed by atoms with van der Waals surface area (Å²) in [6.07, 6.45) is 25.4. The molecule has 5 aliphatic rings. The lowest BCUT2D eigenvalue weighted by atomic mass is 9.42. The van der Waals surface area contributed by atoms with E-state index in [1.54, 1.807) is 0 Å². The highest BCUT2D eigenvalue weighted by Crippen LogP contribution is 2.77. The molecule has 0 aromatic rings. The van der Waals surface area contributed by atoms with E-state index in [2.05, 4.69) is 13.8 Å². The van der Waals surface area contributed by atoms with Gasteiger partial charge in [-0.15, -0.1) is 23.2 Å². The van der Waals surface area contributed by atoms with E-state index in [0.29, 0.717) is 0 Å². The lowest BCUT2D eigenvalue weighted by Crippen LogP contribution is -2.66. The van der Waals surface area contributed by atoms with Crippen LogP contribution in [0.2, 0.25) is 0 Å². The molecule has 5 aliphatic carbocycles. The number of hydrogen-bond donors (Lipinski definition) is 0. The Balaban J connectivity index is 1.14. The van der Waals surface area contributed by atoms with Gasteiger partial charge in [0.1, 0.15) is 4.33 Å². The zero-order valence-corrected chi connectivity index (χ0v) is 22.0. The van der Waals surface area contributed by atoms with E-state index in [0.717, 1.165) is 35.5 Å². The largest absolute Gasteiger partial charge is 0.129 e. The predicted octanol–water partition coefficient (Wildman–Crippen LogP) is 9.96. The van der Waals surface area contributed by atoms with Crippen molar-refractivity contribution >= 4 is 23.2 Å². The van der Waals surface area contributed by atoms with Gasteiger partial charge in [0.25, 0.3) is 0 Å². The highest BCUT2D eigenvalue weighted by atomic mass is 35.5. The van der Waals surface area contributed by atoms with E-state index in [4.69, 9.17) is 23.2 Å². The van der Waals surface area contributed by atoms with E-state index in [9.17, 15) is 0 Å². The molecule has 0 aromatic carbocycles. The second-order valence-corrected chi connectivity index (χ2v) is 14.5. The van der Waals surface area contributed by atoms with Gasteiger partial charge in [0.15, 0.2) is 0 Å². The second-order valence-electron chi connectivity index (χ2n) is 13.2. The van der Waals surface area contributed by atoms with Crippen LogP contribution in [0.4, 0.5) is 0 Å². The molecule has 0 aromatic heterocycles. The summed E-state index contributed by atoms with van der Waals surface area (Å²) in [4.78, 5) is 0. The standard InChI is InChI=1S/C29H48Cl2/c1-3-22-6-10-24(11-7-22)26-14-18-28(19-15-26)20-27(29(28,30)31)16-12-25(13-17-27)23-8-4-21(2)5-9-23/h21-26H,3-20H2,1-2H3/t21-,22-,23-,24-,25?,26?,27?,28?. The molecule has 5 saturated carbocycles. The van der Waals surface area contributed by atoms with Crippen LogP contribution in [0.15, 0.2) is 0 Å². The van der Waals surface area contributed by atoms with E-state index < -0.39 is 4.33 Å². The first-order valence-corrected chi connectivity index (χ1v) is 15.0. The summed E-state index contributed by atoms with van der Waals surface area (Å²) < 4.78 is -0.448. The molecule has 0 unspecified atom stereocenters. The van der Waals surface area contributed by atoms with Crippen molar-refractivity contribution in [1.29, 1.82) is 0 Å². The van der Waals surface area contributed by atoms with Gasteiger partial charge in [0.05, 0.1) is 0 Å². The maximum absolute atomic E-state index is 7.37. The minimum Gasteiger partial charge on any atom is -0.100 e. The summed E-state index contributed by atoms with van der Waals surface area (Å²) in [5.74, 6) is 5.92. The SMILES string of the molecule is CC[C@H]1CC[C@H](C2CCC3(CC2)CC2(CCC([C@H]4CC[C@H](C)CC4)CC2)C3(Cl)Cl)CC1. The fourth-order valence-corrected chi connectivity index (χ4v) is 10.5. The molecular weight excluding hydrogens is 419 g/mol. The highest BCUT2D eigenvalue weighted by molar-refractivity contribution is 6.50. The van der Waals surface area contributed by atoms with Crippen LogP contribution in [0.1, 0.15) is 129 Å². The molecule has 0 N–H and O–H groups in total. The summed E-state index contributed by atoms with van der Waals surface area (Å²) in [6.45, 7) is 4.82. The van der Waals surface area contributed by atoms with Crippen LogP contribution in [0.3, 0.4) is 0 Å². The first-order chi connectivity index (χ1) is 14.9. The Labute approximate surface area is 203 Å². The van der Waals surface area contributed by atoms with Gasteiger partial charge in [-0.3, -0.25) is 0 Å². The van der Waals surface area contributed by atoms with Gasteiger partial charge in [0, 0.05) is 10.8 Å². The maximum Gasteiger partial charge on any atom is 0.129 e. The third kappa shape index (κ3) is 4.05. The number of alkyl halides is 2. The van der Waals surface area contributed by atoms with Crippen molar-refractivity contribution < 1.29 is 0 Å². The van der Waals surface area contributed by atoms with Gasteiger partial charge in [-0.05, 0) is 119 Å². The van der Waals surface area contributed by atoms with E-state index in [1.165, 1.54) is 116 Å². The first-order valence-electron chi connectivity index (χ1n) is 14.3. The minimum absolute atomic E-state index is 0.250. The Kier molecular flexibility index (Phi) is 6.76. The normalized spacial score (nSPS) is 50.3. The maximum atomic E-state index is 7.37. The zero-order chi connectivity index (χ0) is 21.7. The monoisotopic (exact) mass is 466 g/mol. The molecule has 31 heavy (non-hydrogen) atoms. The van der Waals surface area contributed by atoms with Crippen LogP contribution in [0.25, 0.3) is 0 Å². The molecule has 2 spiro atoms. The van der Waals surface area contributed by atoms with E-state index >= 15 is 0 Å². The second kappa shape index (κ2) is 8.98. The van der Waals surface area contributed by atoms with Crippen LogP contribution < -0.4 is 0 Å². The smallest absolute Gasteiger partial charge is 0.100 e. The molecule has 5 rings (SSSR count). The van der Waals surface area contributed by atoms with Crippen LogP contribution in [-0.2, 0) is 0 Å². The zero-order valence-electron chi connectivity index (χ0n) is 20.4. The molecule has 0 atom stereocenters. The molecule has 0 aliphatic heterocycles. The molecule has 0 nitrogen and oxygen atoms in total. The minimum atomic E-state index is -0.448. The van der Waals surface area contributed by atoms with Crippen molar-refractivity contribution in [2.45, 2.75) is 134 Å². The predicted molar refractivity (Wildman–Crippen MR) is 135 cm³/mol. The van der Waals surface area contributed by atoms with Crippen LogP contribution in [0, 0.1) is 46.3 Å². The molecule has 0 saturated heterocycles. The topological polar surface area (TPSA) is 0 Å². The quantitative estimate of drug-likeness (QED) is 0.362. The van der Waals surface area contributed by atoms with Gasteiger partial charge in [-0.2, -0.15) is 0 Å².